The summed E-state index contributed by atoms with van der Waals surface area (Å²) in [6.45, 7) is 4.57. The summed E-state index contributed by atoms with van der Waals surface area (Å²) in [4.78, 5) is 0. The van der Waals surface area contributed by atoms with Crippen molar-refractivity contribution in [2.24, 2.45) is 0 Å². The molecule has 1 heteroatoms. The first-order valence-corrected chi connectivity index (χ1v) is 9.74. The molecule has 0 heterocycles. The van der Waals surface area contributed by atoms with Gasteiger partial charge in [-0.25, -0.2) is 0 Å². The Morgan fingerprint density at radius 1 is 0.682 bits per heavy atom. The number of benzene rings is 3. The second-order valence-corrected chi connectivity index (χ2v) is 9.29. The zero-order valence-corrected chi connectivity index (χ0v) is 14.4. The van der Waals surface area contributed by atoms with E-state index in [4.69, 9.17) is 0 Å². The van der Waals surface area contributed by atoms with E-state index in [-0.39, 0.29) is 0 Å². The molecule has 3 aromatic rings. The number of rotatable bonds is 4. The molecular formula is C21H22Si. The van der Waals surface area contributed by atoms with Crippen LogP contribution in [0.3, 0.4) is 0 Å². The zero-order valence-electron chi connectivity index (χ0n) is 13.2. The van der Waals surface area contributed by atoms with Crippen LogP contribution >= 0.6 is 0 Å². The standard InChI is InChI=1S/C21H22Si/c1-17-10-9-11-19(16-17)18(2)22(20-12-5-3-6-13-20)21-14-7-4-8-15-21/h3-16,18,22H,1-2H3. The Bertz CT molecular complexity index is 680. The Balaban J connectivity index is 2.06. The van der Waals surface area contributed by atoms with Crippen LogP contribution in [-0.2, 0) is 0 Å². The lowest BCUT2D eigenvalue weighted by Gasteiger charge is -2.24. The Morgan fingerprint density at radius 2 is 1.23 bits per heavy atom. The molecule has 0 aliphatic rings. The highest BCUT2D eigenvalue weighted by Crippen LogP contribution is 2.19. The first-order valence-electron chi connectivity index (χ1n) is 7.92. The van der Waals surface area contributed by atoms with Crippen molar-refractivity contribution in [2.75, 3.05) is 0 Å². The van der Waals surface area contributed by atoms with Gasteiger partial charge in [0.15, 0.2) is 0 Å². The molecule has 0 nitrogen and oxygen atoms in total. The fourth-order valence-corrected chi connectivity index (χ4v) is 6.64. The highest BCUT2D eigenvalue weighted by molar-refractivity contribution is 6.86. The summed E-state index contributed by atoms with van der Waals surface area (Å²) >= 11 is 0. The van der Waals surface area contributed by atoms with E-state index in [9.17, 15) is 0 Å². The topological polar surface area (TPSA) is 0 Å². The molecule has 3 rings (SSSR count). The van der Waals surface area contributed by atoms with Crippen molar-refractivity contribution < 1.29 is 0 Å². The van der Waals surface area contributed by atoms with E-state index in [0.717, 1.165) is 0 Å². The average Bonchev–Trinajstić information content (AvgIpc) is 2.57. The average molecular weight is 302 g/mol. The van der Waals surface area contributed by atoms with Gasteiger partial charge in [0.2, 0.25) is 0 Å². The molecule has 1 atom stereocenters. The normalized spacial score (nSPS) is 12.3. The van der Waals surface area contributed by atoms with Gasteiger partial charge in [0.05, 0.1) is 0 Å². The smallest absolute Gasteiger partial charge is 0.0629 e. The van der Waals surface area contributed by atoms with Crippen LogP contribution in [0.4, 0.5) is 0 Å². The van der Waals surface area contributed by atoms with Crippen molar-refractivity contribution in [3.63, 3.8) is 0 Å². The third kappa shape index (κ3) is 3.20. The van der Waals surface area contributed by atoms with E-state index in [1.807, 2.05) is 0 Å². The fourth-order valence-electron chi connectivity index (χ4n) is 3.24. The summed E-state index contributed by atoms with van der Waals surface area (Å²) in [6.07, 6.45) is 0. The van der Waals surface area contributed by atoms with Crippen LogP contribution in [0.1, 0.15) is 23.6 Å². The number of hydrogen-bond acceptors (Lipinski definition) is 0. The summed E-state index contributed by atoms with van der Waals surface area (Å²) in [5.74, 6) is 0. The highest BCUT2D eigenvalue weighted by Gasteiger charge is 2.24. The number of hydrogen-bond donors (Lipinski definition) is 0. The molecular weight excluding hydrogens is 280 g/mol. The third-order valence-electron chi connectivity index (χ3n) is 4.39. The monoisotopic (exact) mass is 302 g/mol. The van der Waals surface area contributed by atoms with Crippen molar-refractivity contribution >= 4 is 19.2 Å². The van der Waals surface area contributed by atoms with Crippen LogP contribution in [0.5, 0.6) is 0 Å². The van der Waals surface area contributed by atoms with Crippen LogP contribution in [0.2, 0.25) is 0 Å². The minimum Gasteiger partial charge on any atom is -0.0629 e. The van der Waals surface area contributed by atoms with Gasteiger partial charge in [-0.2, -0.15) is 0 Å². The minimum absolute atomic E-state index is 0.574. The second kappa shape index (κ2) is 6.76. The largest absolute Gasteiger partial charge is 0.110 e. The molecule has 0 N–H and O–H groups in total. The molecule has 1 unspecified atom stereocenters. The molecule has 0 aromatic heterocycles. The Morgan fingerprint density at radius 3 is 1.73 bits per heavy atom. The molecule has 0 spiro atoms. The minimum atomic E-state index is -1.29. The maximum absolute atomic E-state index is 2.39. The Kier molecular flexibility index (Phi) is 4.55. The molecule has 0 fully saturated rings. The van der Waals surface area contributed by atoms with E-state index in [0.29, 0.717) is 5.54 Å². The molecule has 0 aliphatic heterocycles. The van der Waals surface area contributed by atoms with E-state index in [1.165, 1.54) is 21.5 Å². The van der Waals surface area contributed by atoms with Crippen molar-refractivity contribution in [1.29, 1.82) is 0 Å². The molecule has 0 amide bonds. The SMILES string of the molecule is Cc1cccc(C(C)[SiH](c2ccccc2)c2ccccc2)c1. The molecule has 0 saturated carbocycles. The van der Waals surface area contributed by atoms with Gasteiger partial charge in [0, 0.05) is 0 Å². The predicted molar refractivity (Wildman–Crippen MR) is 98.9 cm³/mol. The van der Waals surface area contributed by atoms with Crippen LogP contribution < -0.4 is 10.4 Å². The molecule has 0 bridgehead atoms. The van der Waals surface area contributed by atoms with E-state index < -0.39 is 8.80 Å². The van der Waals surface area contributed by atoms with Gasteiger partial charge < -0.3 is 0 Å². The zero-order chi connectivity index (χ0) is 15.4. The van der Waals surface area contributed by atoms with Crippen LogP contribution in [-0.4, -0.2) is 8.80 Å². The Labute approximate surface area is 135 Å². The lowest BCUT2D eigenvalue weighted by Crippen LogP contribution is -2.46. The predicted octanol–water partition coefficient (Wildman–Crippen LogP) is 3.68. The first-order chi connectivity index (χ1) is 10.8. The summed E-state index contributed by atoms with van der Waals surface area (Å²) in [6, 6.07) is 31.1. The highest BCUT2D eigenvalue weighted by atomic mass is 28.3. The van der Waals surface area contributed by atoms with Gasteiger partial charge in [0.25, 0.3) is 0 Å². The number of aryl methyl sites for hydroxylation is 1. The summed E-state index contributed by atoms with van der Waals surface area (Å²) in [7, 11) is -1.29. The Hall–Kier alpha value is -2.12. The summed E-state index contributed by atoms with van der Waals surface area (Å²) in [5.41, 5.74) is 3.38. The van der Waals surface area contributed by atoms with Gasteiger partial charge in [0.1, 0.15) is 8.80 Å². The van der Waals surface area contributed by atoms with Gasteiger partial charge in [-0.15, -0.1) is 0 Å². The van der Waals surface area contributed by atoms with Crippen LogP contribution in [0, 0.1) is 6.92 Å². The van der Waals surface area contributed by atoms with E-state index in [1.54, 1.807) is 0 Å². The molecule has 0 saturated heterocycles. The second-order valence-electron chi connectivity index (χ2n) is 6.00. The van der Waals surface area contributed by atoms with E-state index >= 15 is 0 Å². The third-order valence-corrected chi connectivity index (χ3v) is 7.98. The van der Waals surface area contributed by atoms with Gasteiger partial charge in [-0.05, 0) is 18.0 Å². The molecule has 110 valence electrons. The fraction of sp³-hybridized carbons (Fsp3) is 0.143. The first kappa shape index (κ1) is 14.8. The van der Waals surface area contributed by atoms with Gasteiger partial charge in [-0.3, -0.25) is 0 Å². The maximum Gasteiger partial charge on any atom is 0.110 e. The van der Waals surface area contributed by atoms with Crippen LogP contribution in [0.25, 0.3) is 0 Å². The maximum atomic E-state index is 2.39. The van der Waals surface area contributed by atoms with Crippen molar-refractivity contribution in [2.45, 2.75) is 19.4 Å². The lowest BCUT2D eigenvalue weighted by molar-refractivity contribution is 1.05. The van der Waals surface area contributed by atoms with Crippen molar-refractivity contribution in [3.8, 4) is 0 Å². The quantitative estimate of drug-likeness (QED) is 0.645. The molecule has 0 radical (unpaired) electrons. The molecule has 3 aromatic carbocycles. The summed E-state index contributed by atoms with van der Waals surface area (Å²) in [5, 5.41) is 3.03. The van der Waals surface area contributed by atoms with Gasteiger partial charge >= 0.3 is 0 Å². The van der Waals surface area contributed by atoms with E-state index in [2.05, 4.69) is 98.8 Å². The molecule has 22 heavy (non-hydrogen) atoms. The van der Waals surface area contributed by atoms with Crippen molar-refractivity contribution in [1.82, 2.24) is 0 Å². The van der Waals surface area contributed by atoms with Crippen LogP contribution in [0.15, 0.2) is 84.9 Å². The molecule has 0 aliphatic carbocycles. The lowest BCUT2D eigenvalue weighted by atomic mass is 10.1. The van der Waals surface area contributed by atoms with Gasteiger partial charge in [-0.1, -0.05) is 108 Å². The van der Waals surface area contributed by atoms with Crippen molar-refractivity contribution in [3.05, 3.63) is 96.1 Å². The summed E-state index contributed by atoms with van der Waals surface area (Å²) < 4.78 is 0.